The molecule has 0 aromatic carbocycles. The highest BCUT2D eigenvalue weighted by atomic mass is 32.2. The Morgan fingerprint density at radius 1 is 1.27 bits per heavy atom. The molecule has 0 radical (unpaired) electrons. The van der Waals surface area contributed by atoms with E-state index in [1.54, 1.807) is 0 Å². The molecular weight excluding hydrogens is 202 g/mol. The Labute approximate surface area is 99.8 Å². The van der Waals surface area contributed by atoms with Gasteiger partial charge >= 0.3 is 0 Å². The molecule has 1 rings (SSSR count). The van der Waals surface area contributed by atoms with Crippen LogP contribution in [0.3, 0.4) is 0 Å². The average Bonchev–Trinajstić information content (AvgIpc) is 2.16. The normalized spacial score (nSPS) is 33.0. The molecule has 3 unspecified atom stereocenters. The lowest BCUT2D eigenvalue weighted by Gasteiger charge is -2.35. The molecule has 1 aliphatic carbocycles. The van der Waals surface area contributed by atoms with E-state index in [1.807, 2.05) is 11.8 Å². The van der Waals surface area contributed by atoms with Gasteiger partial charge in [0.1, 0.15) is 0 Å². The zero-order valence-corrected chi connectivity index (χ0v) is 11.8. The van der Waals surface area contributed by atoms with Crippen LogP contribution < -0.4 is 5.32 Å². The highest BCUT2D eigenvalue weighted by molar-refractivity contribution is 7.99. The van der Waals surface area contributed by atoms with Gasteiger partial charge in [0.2, 0.25) is 0 Å². The van der Waals surface area contributed by atoms with Crippen LogP contribution in [0, 0.1) is 11.8 Å². The number of hydrogen-bond acceptors (Lipinski definition) is 2. The van der Waals surface area contributed by atoms with Crippen molar-refractivity contribution in [3.05, 3.63) is 0 Å². The Hall–Kier alpha value is 0.310. The monoisotopic (exact) mass is 229 g/mol. The maximum atomic E-state index is 3.76. The quantitative estimate of drug-likeness (QED) is 0.791. The third-order valence-electron chi connectivity index (χ3n) is 3.77. The van der Waals surface area contributed by atoms with Gasteiger partial charge in [-0.25, -0.2) is 0 Å². The van der Waals surface area contributed by atoms with Crippen LogP contribution in [0.4, 0.5) is 0 Å². The Kier molecular flexibility index (Phi) is 4.98. The summed E-state index contributed by atoms with van der Waals surface area (Å²) in [5.41, 5.74) is 0. The first-order chi connectivity index (χ1) is 6.94. The molecular formula is C13H27NS. The van der Waals surface area contributed by atoms with Crippen LogP contribution in [0.2, 0.25) is 0 Å². The van der Waals surface area contributed by atoms with E-state index in [4.69, 9.17) is 0 Å². The van der Waals surface area contributed by atoms with Crippen molar-refractivity contribution in [2.24, 2.45) is 11.8 Å². The van der Waals surface area contributed by atoms with Crippen molar-refractivity contribution in [1.82, 2.24) is 5.32 Å². The maximum Gasteiger partial charge on any atom is 0.0225 e. The summed E-state index contributed by atoms with van der Waals surface area (Å²) in [5.74, 6) is 1.79. The molecule has 2 heteroatoms. The van der Waals surface area contributed by atoms with E-state index < -0.39 is 0 Å². The number of rotatable bonds is 4. The van der Waals surface area contributed by atoms with Gasteiger partial charge in [-0.2, -0.15) is 11.8 Å². The van der Waals surface area contributed by atoms with Gasteiger partial charge in [-0.05, 0) is 51.2 Å². The van der Waals surface area contributed by atoms with Crippen molar-refractivity contribution in [3.8, 4) is 0 Å². The number of nitrogens with one attached hydrogen (secondary N) is 1. The van der Waals surface area contributed by atoms with E-state index in [1.165, 1.54) is 19.3 Å². The van der Waals surface area contributed by atoms with E-state index in [0.29, 0.717) is 4.75 Å². The second kappa shape index (κ2) is 5.58. The standard InChI is InChI=1S/C13H27NS/c1-10-6-7-12(11(2)8-10)14-9-13(3,4)15-5/h10-12,14H,6-9H2,1-5H3. The molecule has 1 fully saturated rings. The molecule has 90 valence electrons. The molecule has 0 aromatic heterocycles. The molecule has 15 heavy (non-hydrogen) atoms. The van der Waals surface area contributed by atoms with Crippen LogP contribution in [0.15, 0.2) is 0 Å². The minimum Gasteiger partial charge on any atom is -0.312 e. The predicted octanol–water partition coefficient (Wildman–Crippen LogP) is 3.54. The Morgan fingerprint density at radius 3 is 2.47 bits per heavy atom. The molecule has 0 spiro atoms. The lowest BCUT2D eigenvalue weighted by Crippen LogP contribution is -2.44. The van der Waals surface area contributed by atoms with Gasteiger partial charge in [-0.1, -0.05) is 13.8 Å². The molecule has 3 atom stereocenters. The molecule has 0 heterocycles. The lowest BCUT2D eigenvalue weighted by molar-refractivity contribution is 0.226. The summed E-state index contributed by atoms with van der Waals surface area (Å²) < 4.78 is 0.378. The molecule has 1 N–H and O–H groups in total. The molecule has 1 aliphatic rings. The zero-order chi connectivity index (χ0) is 11.5. The van der Waals surface area contributed by atoms with Crippen LogP contribution >= 0.6 is 11.8 Å². The first-order valence-electron chi connectivity index (χ1n) is 6.23. The fraction of sp³-hybridized carbons (Fsp3) is 1.00. The van der Waals surface area contributed by atoms with Crippen LogP contribution in [0.5, 0.6) is 0 Å². The third kappa shape index (κ3) is 4.36. The summed E-state index contributed by atoms with van der Waals surface area (Å²) in [7, 11) is 0. The molecule has 0 bridgehead atoms. The van der Waals surface area contributed by atoms with Crippen molar-refractivity contribution >= 4 is 11.8 Å². The molecule has 0 aromatic rings. The molecule has 0 amide bonds. The van der Waals surface area contributed by atoms with Gasteiger partial charge in [-0.3, -0.25) is 0 Å². The highest BCUT2D eigenvalue weighted by Crippen LogP contribution is 2.29. The molecule has 0 aliphatic heterocycles. The predicted molar refractivity (Wildman–Crippen MR) is 71.6 cm³/mol. The van der Waals surface area contributed by atoms with E-state index in [9.17, 15) is 0 Å². The first kappa shape index (κ1) is 13.4. The average molecular weight is 229 g/mol. The van der Waals surface area contributed by atoms with E-state index in [0.717, 1.165) is 24.4 Å². The van der Waals surface area contributed by atoms with Crippen molar-refractivity contribution < 1.29 is 0 Å². The molecule has 1 nitrogen and oxygen atoms in total. The Bertz CT molecular complexity index is 191. The summed E-state index contributed by atoms with van der Waals surface area (Å²) in [6.45, 7) is 10.6. The maximum absolute atomic E-state index is 3.76. The lowest BCUT2D eigenvalue weighted by atomic mass is 9.80. The minimum atomic E-state index is 0.378. The van der Waals surface area contributed by atoms with Gasteiger partial charge in [0.05, 0.1) is 0 Å². The summed E-state index contributed by atoms with van der Waals surface area (Å²) in [6, 6.07) is 0.757. The minimum absolute atomic E-state index is 0.378. The second-order valence-corrected chi connectivity index (χ2v) is 7.36. The van der Waals surface area contributed by atoms with E-state index in [-0.39, 0.29) is 0 Å². The van der Waals surface area contributed by atoms with Crippen LogP contribution in [-0.2, 0) is 0 Å². The van der Waals surface area contributed by atoms with Gasteiger partial charge in [0.15, 0.2) is 0 Å². The SMILES string of the molecule is CSC(C)(C)CNC1CCC(C)CC1C. The van der Waals surface area contributed by atoms with Crippen LogP contribution in [0.1, 0.15) is 47.0 Å². The van der Waals surface area contributed by atoms with Gasteiger partial charge in [0.25, 0.3) is 0 Å². The summed E-state index contributed by atoms with van der Waals surface area (Å²) in [4.78, 5) is 0. The molecule has 0 saturated heterocycles. The fourth-order valence-electron chi connectivity index (χ4n) is 2.42. The number of thioether (sulfide) groups is 1. The number of hydrogen-bond donors (Lipinski definition) is 1. The van der Waals surface area contributed by atoms with Crippen molar-refractivity contribution in [2.45, 2.75) is 57.7 Å². The smallest absolute Gasteiger partial charge is 0.0225 e. The Morgan fingerprint density at radius 2 is 1.93 bits per heavy atom. The van der Waals surface area contributed by atoms with Crippen molar-refractivity contribution in [2.75, 3.05) is 12.8 Å². The van der Waals surface area contributed by atoms with E-state index in [2.05, 4.69) is 39.3 Å². The van der Waals surface area contributed by atoms with Gasteiger partial charge in [0, 0.05) is 17.3 Å². The van der Waals surface area contributed by atoms with Gasteiger partial charge in [-0.15, -0.1) is 0 Å². The van der Waals surface area contributed by atoms with Crippen molar-refractivity contribution in [1.29, 1.82) is 0 Å². The topological polar surface area (TPSA) is 12.0 Å². The van der Waals surface area contributed by atoms with Gasteiger partial charge < -0.3 is 5.32 Å². The summed E-state index contributed by atoms with van der Waals surface area (Å²) >= 11 is 1.95. The fourth-order valence-corrected chi connectivity index (χ4v) is 2.65. The van der Waals surface area contributed by atoms with Crippen LogP contribution in [0.25, 0.3) is 0 Å². The van der Waals surface area contributed by atoms with E-state index >= 15 is 0 Å². The molecule has 1 saturated carbocycles. The highest BCUT2D eigenvalue weighted by Gasteiger charge is 2.26. The zero-order valence-electron chi connectivity index (χ0n) is 11.0. The third-order valence-corrected chi connectivity index (χ3v) is 5.02. The Balaban J connectivity index is 2.33. The summed E-state index contributed by atoms with van der Waals surface area (Å²) in [6.07, 6.45) is 6.37. The first-order valence-corrected chi connectivity index (χ1v) is 7.45. The van der Waals surface area contributed by atoms with Crippen LogP contribution in [-0.4, -0.2) is 23.6 Å². The van der Waals surface area contributed by atoms with Crippen molar-refractivity contribution in [3.63, 3.8) is 0 Å². The second-order valence-electron chi connectivity index (χ2n) is 5.85. The summed E-state index contributed by atoms with van der Waals surface area (Å²) in [5, 5.41) is 3.76. The largest absolute Gasteiger partial charge is 0.312 e.